The highest BCUT2D eigenvalue weighted by atomic mass is 32.2. The SMILES string of the molecule is O=C(O)c1cc(NC(=O)c2cc(O)c(S(=O)(=O)O)cc2O)cc(NC(=O)c2cc(O)cc(S(=O)(=O)O)c2O)c1. The number of carboxylic acid groups (broad SMARTS) is 1. The Labute approximate surface area is 217 Å². The van der Waals surface area contributed by atoms with Crippen molar-refractivity contribution in [3.8, 4) is 23.0 Å². The lowest BCUT2D eigenvalue weighted by molar-refractivity contribution is 0.0696. The van der Waals surface area contributed by atoms with Crippen molar-refractivity contribution in [3.63, 3.8) is 0 Å². The predicted molar refractivity (Wildman–Crippen MR) is 128 cm³/mol. The van der Waals surface area contributed by atoms with Gasteiger partial charge in [-0.15, -0.1) is 0 Å². The number of rotatable bonds is 7. The smallest absolute Gasteiger partial charge is 0.335 e. The zero-order valence-corrected chi connectivity index (χ0v) is 20.5. The highest BCUT2D eigenvalue weighted by molar-refractivity contribution is 7.86. The molecule has 9 N–H and O–H groups in total. The molecule has 0 fully saturated rings. The molecule has 39 heavy (non-hydrogen) atoms. The van der Waals surface area contributed by atoms with Crippen LogP contribution in [0.1, 0.15) is 31.1 Å². The molecule has 0 saturated heterocycles. The average Bonchev–Trinajstić information content (AvgIpc) is 2.79. The number of aromatic hydroxyl groups is 4. The second-order valence-electron chi connectivity index (χ2n) is 7.64. The van der Waals surface area contributed by atoms with Crippen LogP contribution in [0.5, 0.6) is 23.0 Å². The van der Waals surface area contributed by atoms with Crippen LogP contribution >= 0.6 is 0 Å². The van der Waals surface area contributed by atoms with Gasteiger partial charge in [-0.25, -0.2) is 4.79 Å². The topological polar surface area (TPSA) is 285 Å². The molecule has 0 aliphatic rings. The highest BCUT2D eigenvalue weighted by Gasteiger charge is 2.25. The molecule has 0 unspecified atom stereocenters. The van der Waals surface area contributed by atoms with Crippen LogP contribution in [0.25, 0.3) is 0 Å². The first kappa shape index (κ1) is 28.7. The summed E-state index contributed by atoms with van der Waals surface area (Å²) in [5.41, 5.74) is -2.73. The van der Waals surface area contributed by atoms with Gasteiger partial charge in [0, 0.05) is 23.5 Å². The zero-order valence-electron chi connectivity index (χ0n) is 18.8. The molecule has 0 radical (unpaired) electrons. The van der Waals surface area contributed by atoms with Crippen LogP contribution < -0.4 is 10.6 Å². The van der Waals surface area contributed by atoms with E-state index in [1.165, 1.54) is 0 Å². The number of anilines is 2. The Hall–Kier alpha value is -4.91. The number of carbonyl (C=O) groups excluding carboxylic acids is 2. The van der Waals surface area contributed by atoms with Crippen molar-refractivity contribution in [2.45, 2.75) is 9.79 Å². The number of aromatic carboxylic acids is 1. The van der Waals surface area contributed by atoms with E-state index in [0.29, 0.717) is 24.3 Å². The van der Waals surface area contributed by atoms with Gasteiger partial charge >= 0.3 is 5.97 Å². The molecule has 0 aliphatic heterocycles. The molecule has 206 valence electrons. The lowest BCUT2D eigenvalue weighted by Crippen LogP contribution is -2.16. The van der Waals surface area contributed by atoms with Gasteiger partial charge in [0.2, 0.25) is 0 Å². The Morgan fingerprint density at radius 2 is 1.13 bits per heavy atom. The van der Waals surface area contributed by atoms with E-state index in [9.17, 15) is 61.3 Å². The molecule has 2 amide bonds. The van der Waals surface area contributed by atoms with E-state index >= 15 is 0 Å². The maximum atomic E-state index is 12.7. The van der Waals surface area contributed by atoms with E-state index in [4.69, 9.17) is 4.55 Å². The number of carbonyl (C=O) groups is 3. The Morgan fingerprint density at radius 3 is 1.62 bits per heavy atom. The van der Waals surface area contributed by atoms with Gasteiger partial charge in [0.05, 0.1) is 16.7 Å². The van der Waals surface area contributed by atoms with Crippen LogP contribution in [0, 0.1) is 0 Å². The number of hydrogen-bond acceptors (Lipinski definition) is 11. The first-order valence-electron chi connectivity index (χ1n) is 9.96. The molecule has 0 saturated carbocycles. The number of amides is 2. The van der Waals surface area contributed by atoms with Crippen LogP contribution in [0.3, 0.4) is 0 Å². The van der Waals surface area contributed by atoms with Crippen molar-refractivity contribution in [1.82, 2.24) is 0 Å². The Balaban J connectivity index is 1.98. The van der Waals surface area contributed by atoms with Gasteiger partial charge in [0.15, 0.2) is 0 Å². The maximum absolute atomic E-state index is 12.7. The van der Waals surface area contributed by atoms with E-state index in [-0.39, 0.29) is 11.4 Å². The molecule has 0 atom stereocenters. The van der Waals surface area contributed by atoms with Crippen molar-refractivity contribution < 1.29 is 65.9 Å². The van der Waals surface area contributed by atoms with E-state index in [2.05, 4.69) is 10.6 Å². The summed E-state index contributed by atoms with van der Waals surface area (Å²) in [5, 5.41) is 53.2. The Morgan fingerprint density at radius 1 is 0.615 bits per heavy atom. The third kappa shape index (κ3) is 6.33. The second-order valence-corrected chi connectivity index (χ2v) is 10.4. The van der Waals surface area contributed by atoms with Crippen molar-refractivity contribution in [2.75, 3.05) is 10.6 Å². The number of carboxylic acids is 1. The average molecular weight is 584 g/mol. The number of nitrogens with one attached hydrogen (secondary N) is 2. The van der Waals surface area contributed by atoms with Crippen LogP contribution in [-0.2, 0) is 20.2 Å². The first-order chi connectivity index (χ1) is 17.9. The second kappa shape index (κ2) is 10.1. The fourth-order valence-electron chi connectivity index (χ4n) is 3.20. The molecule has 3 aromatic carbocycles. The summed E-state index contributed by atoms with van der Waals surface area (Å²) in [6.45, 7) is 0. The van der Waals surface area contributed by atoms with Gasteiger partial charge in [-0.05, 0) is 30.3 Å². The van der Waals surface area contributed by atoms with Gasteiger partial charge in [0.25, 0.3) is 32.1 Å². The van der Waals surface area contributed by atoms with Crippen LogP contribution in [-0.4, -0.2) is 69.3 Å². The standard InChI is InChI=1S/C21H16N2O14S2/c24-11-4-13(18(27)17(5-11)39(35,36)37)20(29)23-10-2-8(21(30)31)1-9(3-10)22-19(28)12-6-15(26)16(7-14(12)25)38(32,33)34/h1-7,24-27H,(H,22,28)(H,23,29)(H,30,31)(H,32,33,34)(H,35,36,37). The summed E-state index contributed by atoms with van der Waals surface area (Å²) in [6, 6.07) is 4.79. The first-order valence-corrected chi connectivity index (χ1v) is 12.8. The van der Waals surface area contributed by atoms with E-state index in [0.717, 1.165) is 18.2 Å². The largest absolute Gasteiger partial charge is 0.508 e. The van der Waals surface area contributed by atoms with Crippen molar-refractivity contribution in [2.24, 2.45) is 0 Å². The van der Waals surface area contributed by atoms with Crippen LogP contribution in [0.15, 0.2) is 52.3 Å². The van der Waals surface area contributed by atoms with Crippen LogP contribution in [0.4, 0.5) is 11.4 Å². The molecule has 0 heterocycles. The number of hydrogen-bond donors (Lipinski definition) is 9. The quantitative estimate of drug-likeness (QED) is 0.139. The number of phenols is 4. The highest BCUT2D eigenvalue weighted by Crippen LogP contribution is 2.33. The van der Waals surface area contributed by atoms with Gasteiger partial charge in [-0.2, -0.15) is 16.8 Å². The van der Waals surface area contributed by atoms with Crippen LogP contribution in [0.2, 0.25) is 0 Å². The number of benzene rings is 3. The van der Waals surface area contributed by atoms with Gasteiger partial charge in [0.1, 0.15) is 32.8 Å². The van der Waals surface area contributed by atoms with Crippen molar-refractivity contribution >= 4 is 49.4 Å². The Bertz CT molecular complexity index is 1770. The molecule has 0 aromatic heterocycles. The summed E-state index contributed by atoms with van der Waals surface area (Å²) in [5.74, 6) is -8.18. The van der Waals surface area contributed by atoms with E-state index in [1.807, 2.05) is 0 Å². The summed E-state index contributed by atoms with van der Waals surface area (Å²) in [7, 11) is -10.0. The monoisotopic (exact) mass is 584 g/mol. The predicted octanol–water partition coefficient (Wildman–Crippen LogP) is 1.21. The minimum absolute atomic E-state index is 0.327. The lowest BCUT2D eigenvalue weighted by atomic mass is 10.1. The zero-order chi connectivity index (χ0) is 29.4. The maximum Gasteiger partial charge on any atom is 0.335 e. The third-order valence-corrected chi connectivity index (χ3v) is 6.63. The van der Waals surface area contributed by atoms with Crippen molar-refractivity contribution in [3.05, 3.63) is 59.2 Å². The summed E-state index contributed by atoms with van der Waals surface area (Å²) < 4.78 is 63.5. The number of phenolic OH excluding ortho intramolecular Hbond substituents is 4. The lowest BCUT2D eigenvalue weighted by Gasteiger charge is -2.13. The molecular formula is C21H16N2O14S2. The van der Waals surface area contributed by atoms with Gasteiger partial charge < -0.3 is 36.2 Å². The molecule has 3 rings (SSSR count). The van der Waals surface area contributed by atoms with Crippen molar-refractivity contribution in [1.29, 1.82) is 0 Å². The minimum atomic E-state index is -5.07. The molecule has 0 bridgehead atoms. The summed E-state index contributed by atoms with van der Waals surface area (Å²) in [6.07, 6.45) is 0. The molecule has 0 aliphatic carbocycles. The normalized spacial score (nSPS) is 11.5. The third-order valence-electron chi connectivity index (χ3n) is 4.88. The van der Waals surface area contributed by atoms with E-state index < -0.39 is 87.5 Å². The minimum Gasteiger partial charge on any atom is -0.508 e. The molecular weight excluding hydrogens is 568 g/mol. The fraction of sp³-hybridized carbons (Fsp3) is 0. The van der Waals surface area contributed by atoms with Gasteiger partial charge in [-0.3, -0.25) is 18.7 Å². The summed E-state index contributed by atoms with van der Waals surface area (Å²) in [4.78, 5) is 34.6. The van der Waals surface area contributed by atoms with E-state index in [1.54, 1.807) is 0 Å². The molecule has 0 spiro atoms. The fourth-order valence-corrected chi connectivity index (χ4v) is 4.41. The Kier molecular flexibility index (Phi) is 7.42. The molecule has 18 heteroatoms. The molecule has 16 nitrogen and oxygen atoms in total. The molecule has 3 aromatic rings. The summed E-state index contributed by atoms with van der Waals surface area (Å²) >= 11 is 0. The van der Waals surface area contributed by atoms with Gasteiger partial charge in [-0.1, -0.05) is 0 Å².